The van der Waals surface area contributed by atoms with Crippen LogP contribution in [0.2, 0.25) is 0 Å². The molecule has 0 aliphatic heterocycles. The number of carbonyl (C=O) groups excluding carboxylic acids is 2. The van der Waals surface area contributed by atoms with Crippen molar-refractivity contribution < 1.29 is 9.59 Å². The average Bonchev–Trinajstić information content (AvgIpc) is 3.25. The summed E-state index contributed by atoms with van der Waals surface area (Å²) in [7, 11) is 0. The molecule has 3 aromatic rings. The van der Waals surface area contributed by atoms with Crippen molar-refractivity contribution in [2.24, 2.45) is 0 Å². The number of fused-ring (bicyclic) bond motifs is 1. The summed E-state index contributed by atoms with van der Waals surface area (Å²) < 4.78 is 0. The van der Waals surface area contributed by atoms with Gasteiger partial charge in [-0.2, -0.15) is 0 Å². The van der Waals surface area contributed by atoms with Gasteiger partial charge in [0.15, 0.2) is 0 Å². The van der Waals surface area contributed by atoms with E-state index in [1.165, 1.54) is 10.9 Å². The second kappa shape index (κ2) is 12.8. The van der Waals surface area contributed by atoms with E-state index in [1.807, 2.05) is 53.6 Å². The molecule has 176 valence electrons. The average molecular weight is 448 g/mol. The Morgan fingerprint density at radius 3 is 2.33 bits per heavy atom. The second-order valence-corrected chi connectivity index (χ2v) is 8.68. The maximum atomic E-state index is 13.4. The van der Waals surface area contributed by atoms with Crippen molar-refractivity contribution in [1.29, 1.82) is 0 Å². The van der Waals surface area contributed by atoms with Crippen molar-refractivity contribution in [1.82, 2.24) is 14.8 Å². The van der Waals surface area contributed by atoms with Crippen molar-refractivity contribution >= 4 is 22.7 Å². The van der Waals surface area contributed by atoms with Gasteiger partial charge in [-0.3, -0.25) is 9.59 Å². The molecule has 0 unspecified atom stereocenters. The molecule has 0 aliphatic rings. The SMILES string of the molecule is CCCCCC(=O)N(CCC)CC(=O)N(CCc1c[nH]c2ccccc12)Cc1ccccc1. The van der Waals surface area contributed by atoms with Crippen LogP contribution in [0.4, 0.5) is 0 Å². The molecule has 0 fully saturated rings. The summed E-state index contributed by atoms with van der Waals surface area (Å²) in [6, 6.07) is 18.3. The van der Waals surface area contributed by atoms with Gasteiger partial charge in [-0.15, -0.1) is 0 Å². The molecule has 0 saturated heterocycles. The maximum Gasteiger partial charge on any atom is 0.242 e. The number of benzene rings is 2. The van der Waals surface area contributed by atoms with Gasteiger partial charge in [0.25, 0.3) is 0 Å². The Morgan fingerprint density at radius 2 is 1.58 bits per heavy atom. The normalized spacial score (nSPS) is 11.0. The largest absolute Gasteiger partial charge is 0.361 e. The lowest BCUT2D eigenvalue weighted by Crippen LogP contribution is -2.43. The summed E-state index contributed by atoms with van der Waals surface area (Å²) in [5, 5.41) is 1.20. The first-order valence-corrected chi connectivity index (χ1v) is 12.3. The minimum absolute atomic E-state index is 0.0102. The number of hydrogen-bond acceptors (Lipinski definition) is 2. The molecule has 2 amide bonds. The zero-order chi connectivity index (χ0) is 23.5. The Bertz CT molecular complexity index is 1010. The highest BCUT2D eigenvalue weighted by atomic mass is 16.2. The van der Waals surface area contributed by atoms with E-state index in [0.717, 1.165) is 43.2 Å². The molecule has 5 nitrogen and oxygen atoms in total. The van der Waals surface area contributed by atoms with Crippen LogP contribution in [0.25, 0.3) is 10.9 Å². The van der Waals surface area contributed by atoms with E-state index in [-0.39, 0.29) is 18.4 Å². The highest BCUT2D eigenvalue weighted by molar-refractivity contribution is 5.85. The van der Waals surface area contributed by atoms with Crippen LogP contribution in [0.5, 0.6) is 0 Å². The predicted octanol–water partition coefficient (Wildman–Crippen LogP) is 5.56. The molecule has 2 aromatic carbocycles. The molecular formula is C28H37N3O2. The molecule has 0 radical (unpaired) electrons. The number of nitrogens with zero attached hydrogens (tertiary/aromatic N) is 2. The van der Waals surface area contributed by atoms with Gasteiger partial charge in [0.2, 0.25) is 11.8 Å². The number of rotatable bonds is 13. The Kier molecular flexibility index (Phi) is 9.55. The number of hydrogen-bond donors (Lipinski definition) is 1. The number of nitrogens with one attached hydrogen (secondary N) is 1. The molecule has 0 bridgehead atoms. The molecule has 3 rings (SSSR count). The second-order valence-electron chi connectivity index (χ2n) is 8.68. The van der Waals surface area contributed by atoms with Gasteiger partial charge in [0.05, 0.1) is 6.54 Å². The van der Waals surface area contributed by atoms with Crippen LogP contribution < -0.4 is 0 Å². The monoisotopic (exact) mass is 447 g/mol. The van der Waals surface area contributed by atoms with Crippen LogP contribution in [0.1, 0.15) is 57.1 Å². The number of carbonyl (C=O) groups is 2. The van der Waals surface area contributed by atoms with Crippen molar-refractivity contribution in [3.05, 3.63) is 71.9 Å². The fraction of sp³-hybridized carbons (Fsp3) is 0.429. The Labute approximate surface area is 197 Å². The van der Waals surface area contributed by atoms with Crippen molar-refractivity contribution in [3.63, 3.8) is 0 Å². The number of unbranched alkanes of at least 4 members (excludes halogenated alkanes) is 2. The lowest BCUT2D eigenvalue weighted by atomic mass is 10.1. The Balaban J connectivity index is 1.71. The van der Waals surface area contributed by atoms with Crippen LogP contribution in [-0.4, -0.2) is 46.2 Å². The topological polar surface area (TPSA) is 56.4 Å². The van der Waals surface area contributed by atoms with E-state index in [0.29, 0.717) is 26.1 Å². The number of aromatic nitrogens is 1. The van der Waals surface area contributed by atoms with Crippen LogP contribution in [-0.2, 0) is 22.6 Å². The van der Waals surface area contributed by atoms with Gasteiger partial charge in [0.1, 0.15) is 0 Å². The first-order valence-electron chi connectivity index (χ1n) is 12.3. The molecule has 1 aromatic heterocycles. The predicted molar refractivity (Wildman–Crippen MR) is 135 cm³/mol. The van der Waals surface area contributed by atoms with Crippen LogP contribution >= 0.6 is 0 Å². The molecule has 0 atom stereocenters. The van der Waals surface area contributed by atoms with Crippen molar-refractivity contribution in [3.8, 4) is 0 Å². The van der Waals surface area contributed by atoms with Gasteiger partial charge in [-0.25, -0.2) is 0 Å². The van der Waals surface area contributed by atoms with E-state index in [4.69, 9.17) is 0 Å². The number of para-hydroxylation sites is 1. The Hall–Kier alpha value is -3.08. The summed E-state index contributed by atoms with van der Waals surface area (Å²) in [4.78, 5) is 33.2. The summed E-state index contributed by atoms with van der Waals surface area (Å²) in [6.07, 6.45) is 7.19. The minimum atomic E-state index is 0.0102. The smallest absolute Gasteiger partial charge is 0.242 e. The highest BCUT2D eigenvalue weighted by Crippen LogP contribution is 2.19. The fourth-order valence-electron chi connectivity index (χ4n) is 4.20. The first-order chi connectivity index (χ1) is 16.1. The van der Waals surface area contributed by atoms with Gasteiger partial charge in [0, 0.05) is 43.2 Å². The van der Waals surface area contributed by atoms with Crippen LogP contribution in [0.15, 0.2) is 60.8 Å². The summed E-state index contributed by atoms with van der Waals surface area (Å²) in [5.41, 5.74) is 3.42. The molecule has 33 heavy (non-hydrogen) atoms. The third-order valence-corrected chi connectivity index (χ3v) is 6.06. The van der Waals surface area contributed by atoms with Crippen LogP contribution in [0, 0.1) is 0 Å². The van der Waals surface area contributed by atoms with E-state index in [1.54, 1.807) is 4.90 Å². The van der Waals surface area contributed by atoms with Crippen molar-refractivity contribution in [2.45, 2.75) is 58.9 Å². The lowest BCUT2D eigenvalue weighted by Gasteiger charge is -2.28. The lowest BCUT2D eigenvalue weighted by molar-refractivity contribution is -0.141. The molecule has 1 N–H and O–H groups in total. The van der Waals surface area contributed by atoms with E-state index in [9.17, 15) is 9.59 Å². The summed E-state index contributed by atoms with van der Waals surface area (Å²) in [5.74, 6) is 0.103. The maximum absolute atomic E-state index is 13.4. The molecule has 0 saturated carbocycles. The number of H-pyrrole nitrogens is 1. The van der Waals surface area contributed by atoms with E-state index < -0.39 is 0 Å². The molecule has 0 spiro atoms. The molecular weight excluding hydrogens is 410 g/mol. The zero-order valence-electron chi connectivity index (χ0n) is 20.1. The standard InChI is InChI=1S/C28H37N3O2/c1-3-5-7-16-27(32)30(18-4-2)22-28(33)31(21-23-12-8-6-9-13-23)19-17-24-20-29-26-15-11-10-14-25(24)26/h6,8-15,20,29H,3-5,7,16-19,21-22H2,1-2H3. The quantitative estimate of drug-likeness (QED) is 0.349. The highest BCUT2D eigenvalue weighted by Gasteiger charge is 2.21. The molecule has 0 aliphatic carbocycles. The zero-order valence-corrected chi connectivity index (χ0v) is 20.1. The van der Waals surface area contributed by atoms with E-state index >= 15 is 0 Å². The number of aromatic amines is 1. The molecule has 5 heteroatoms. The van der Waals surface area contributed by atoms with Gasteiger partial charge in [-0.05, 0) is 36.5 Å². The Morgan fingerprint density at radius 1 is 0.818 bits per heavy atom. The molecule has 1 heterocycles. The first kappa shape index (κ1) is 24.6. The fourth-order valence-corrected chi connectivity index (χ4v) is 4.20. The summed E-state index contributed by atoms with van der Waals surface area (Å²) >= 11 is 0. The van der Waals surface area contributed by atoms with Crippen LogP contribution in [0.3, 0.4) is 0 Å². The van der Waals surface area contributed by atoms with Gasteiger partial charge in [-0.1, -0.05) is 75.2 Å². The minimum Gasteiger partial charge on any atom is -0.361 e. The van der Waals surface area contributed by atoms with Crippen molar-refractivity contribution in [2.75, 3.05) is 19.6 Å². The number of amides is 2. The third kappa shape index (κ3) is 7.21. The third-order valence-electron chi connectivity index (χ3n) is 6.06. The summed E-state index contributed by atoms with van der Waals surface area (Å²) in [6.45, 7) is 6.12. The van der Waals surface area contributed by atoms with Gasteiger partial charge >= 0.3 is 0 Å². The van der Waals surface area contributed by atoms with Gasteiger partial charge < -0.3 is 14.8 Å². The van der Waals surface area contributed by atoms with E-state index in [2.05, 4.69) is 31.0 Å².